The van der Waals surface area contributed by atoms with Gasteiger partial charge < -0.3 is 9.84 Å². The number of rotatable bonds is 4. The first kappa shape index (κ1) is 17.2. The Morgan fingerprint density at radius 2 is 2.04 bits per heavy atom. The molecule has 2 aromatic rings. The number of para-hydroxylation sites is 1. The smallest absolute Gasteiger partial charge is 0.271 e. The Labute approximate surface area is 137 Å². The van der Waals surface area contributed by atoms with E-state index in [0.717, 1.165) is 4.57 Å². The van der Waals surface area contributed by atoms with Crippen LogP contribution in [0.1, 0.15) is 28.4 Å². The summed E-state index contributed by atoms with van der Waals surface area (Å²) >= 11 is 0. The Morgan fingerprint density at radius 3 is 2.62 bits per heavy atom. The molecule has 0 aliphatic rings. The average Bonchev–Trinajstić information content (AvgIpc) is 2.55. The number of ether oxygens (including phenoxy) is 1. The van der Waals surface area contributed by atoms with Gasteiger partial charge in [-0.1, -0.05) is 12.1 Å². The second kappa shape index (κ2) is 6.54. The fraction of sp³-hybridized carbons (Fsp3) is 0.235. The molecule has 0 aliphatic heterocycles. The molecule has 2 rings (SSSR count). The molecule has 1 N–H and O–H groups in total. The maximum absolute atomic E-state index is 13.6. The third-order valence-corrected chi connectivity index (χ3v) is 3.68. The normalized spacial score (nSPS) is 11.6. The van der Waals surface area contributed by atoms with Crippen molar-refractivity contribution in [3.63, 3.8) is 0 Å². The van der Waals surface area contributed by atoms with Gasteiger partial charge in [-0.2, -0.15) is 5.26 Å². The molecule has 1 aromatic heterocycles. The molecule has 0 saturated carbocycles. The van der Waals surface area contributed by atoms with Crippen molar-refractivity contribution in [2.75, 3.05) is 0 Å². The van der Waals surface area contributed by atoms with E-state index in [1.54, 1.807) is 12.1 Å². The molecule has 0 aliphatic carbocycles. The van der Waals surface area contributed by atoms with Gasteiger partial charge in [-0.05, 0) is 31.5 Å². The molecule has 1 atom stereocenters. The van der Waals surface area contributed by atoms with Gasteiger partial charge in [0.2, 0.25) is 11.7 Å². The number of Topliss-reactive ketones (excluding diaryl/α,β-unsaturated/α-hetero) is 1. The van der Waals surface area contributed by atoms with Crippen molar-refractivity contribution in [1.29, 1.82) is 5.26 Å². The summed E-state index contributed by atoms with van der Waals surface area (Å²) in [6, 6.07) is 7.32. The fourth-order valence-electron chi connectivity index (χ4n) is 2.30. The molecule has 7 heteroatoms. The summed E-state index contributed by atoms with van der Waals surface area (Å²) in [4.78, 5) is 24.5. The van der Waals surface area contributed by atoms with E-state index in [0.29, 0.717) is 0 Å². The summed E-state index contributed by atoms with van der Waals surface area (Å²) in [5.41, 5.74) is -1.08. The molecule has 1 heterocycles. The molecule has 1 aromatic carbocycles. The zero-order chi connectivity index (χ0) is 18.0. The number of nitriles is 1. The molecule has 124 valence electrons. The SMILES string of the molecule is Cc1c(C(=O)C(C)Oc2ccccc2F)c(O)n(C)c(=O)c1C#N. The molecular weight excluding hydrogens is 315 g/mol. The zero-order valence-corrected chi connectivity index (χ0v) is 13.3. The summed E-state index contributed by atoms with van der Waals surface area (Å²) in [6.07, 6.45) is -1.13. The molecule has 24 heavy (non-hydrogen) atoms. The highest BCUT2D eigenvalue weighted by molar-refractivity contribution is 6.03. The molecule has 0 saturated heterocycles. The van der Waals surface area contributed by atoms with Crippen LogP contribution in [-0.2, 0) is 7.05 Å². The Bertz CT molecular complexity index is 912. The minimum absolute atomic E-state index is 0.0621. The van der Waals surface area contributed by atoms with Crippen LogP contribution in [0.15, 0.2) is 29.1 Å². The second-order valence-electron chi connectivity index (χ2n) is 5.23. The van der Waals surface area contributed by atoms with Gasteiger partial charge in [0.05, 0.1) is 5.56 Å². The van der Waals surface area contributed by atoms with Gasteiger partial charge in [0.25, 0.3) is 5.56 Å². The first-order valence-corrected chi connectivity index (χ1v) is 7.07. The Morgan fingerprint density at radius 1 is 1.42 bits per heavy atom. The summed E-state index contributed by atoms with van der Waals surface area (Å²) in [7, 11) is 1.25. The van der Waals surface area contributed by atoms with Gasteiger partial charge in [-0.25, -0.2) is 4.39 Å². The lowest BCUT2D eigenvalue weighted by molar-refractivity contribution is 0.0807. The van der Waals surface area contributed by atoms with E-state index >= 15 is 0 Å². The van der Waals surface area contributed by atoms with E-state index in [1.807, 2.05) is 0 Å². The van der Waals surface area contributed by atoms with Crippen LogP contribution in [0.2, 0.25) is 0 Å². The minimum Gasteiger partial charge on any atom is -0.494 e. The van der Waals surface area contributed by atoms with Crippen molar-refractivity contribution in [3.8, 4) is 17.7 Å². The average molecular weight is 330 g/mol. The summed E-state index contributed by atoms with van der Waals surface area (Å²) < 4.78 is 19.8. The van der Waals surface area contributed by atoms with Crippen LogP contribution in [0.4, 0.5) is 4.39 Å². The quantitative estimate of drug-likeness (QED) is 0.866. The van der Waals surface area contributed by atoms with Gasteiger partial charge in [-0.3, -0.25) is 14.2 Å². The van der Waals surface area contributed by atoms with Crippen LogP contribution in [0.25, 0.3) is 0 Å². The summed E-state index contributed by atoms with van der Waals surface area (Å²) in [6.45, 7) is 2.79. The molecule has 0 fully saturated rings. The van der Waals surface area contributed by atoms with Crippen LogP contribution in [0, 0.1) is 24.1 Å². The number of aromatic hydroxyl groups is 1. The van der Waals surface area contributed by atoms with Crippen LogP contribution < -0.4 is 10.3 Å². The van der Waals surface area contributed by atoms with Gasteiger partial charge in [0, 0.05) is 7.05 Å². The molecule has 0 amide bonds. The first-order valence-electron chi connectivity index (χ1n) is 7.07. The third-order valence-electron chi connectivity index (χ3n) is 3.68. The van der Waals surface area contributed by atoms with Crippen LogP contribution >= 0.6 is 0 Å². The number of nitrogens with zero attached hydrogens (tertiary/aromatic N) is 2. The predicted octanol–water partition coefficient (Wildman–Crippen LogP) is 2.06. The first-order chi connectivity index (χ1) is 11.3. The van der Waals surface area contributed by atoms with E-state index in [1.165, 1.54) is 39.1 Å². The Hall–Kier alpha value is -3.14. The van der Waals surface area contributed by atoms with E-state index in [9.17, 15) is 19.1 Å². The van der Waals surface area contributed by atoms with Crippen molar-refractivity contribution in [2.24, 2.45) is 7.05 Å². The maximum atomic E-state index is 13.6. The van der Waals surface area contributed by atoms with Gasteiger partial charge in [0.15, 0.2) is 17.7 Å². The number of ketones is 1. The number of hydrogen-bond donors (Lipinski definition) is 1. The molecule has 0 bridgehead atoms. The number of benzene rings is 1. The minimum atomic E-state index is -1.13. The van der Waals surface area contributed by atoms with Crippen molar-refractivity contribution in [2.45, 2.75) is 20.0 Å². The number of carbonyl (C=O) groups is 1. The second-order valence-corrected chi connectivity index (χ2v) is 5.23. The fourth-order valence-corrected chi connectivity index (χ4v) is 2.30. The van der Waals surface area contributed by atoms with Gasteiger partial charge in [0.1, 0.15) is 11.6 Å². The Kier molecular flexibility index (Phi) is 4.69. The van der Waals surface area contributed by atoms with Crippen LogP contribution in [0.3, 0.4) is 0 Å². The predicted molar refractivity (Wildman–Crippen MR) is 83.6 cm³/mol. The monoisotopic (exact) mass is 330 g/mol. The highest BCUT2D eigenvalue weighted by atomic mass is 19.1. The van der Waals surface area contributed by atoms with Crippen molar-refractivity contribution < 1.29 is 19.0 Å². The number of hydrogen-bond acceptors (Lipinski definition) is 5. The zero-order valence-electron chi connectivity index (χ0n) is 13.3. The standard InChI is InChI=1S/C17H15FN2O4/c1-9-11(8-19)16(22)20(3)17(23)14(9)15(21)10(2)24-13-7-5-4-6-12(13)18/h4-7,10,23H,1-3H3. The van der Waals surface area contributed by atoms with E-state index < -0.39 is 29.1 Å². The van der Waals surface area contributed by atoms with E-state index in [-0.39, 0.29) is 22.4 Å². The van der Waals surface area contributed by atoms with E-state index in [2.05, 4.69) is 0 Å². The molecule has 6 nitrogen and oxygen atoms in total. The third kappa shape index (κ3) is 2.86. The van der Waals surface area contributed by atoms with Gasteiger partial charge >= 0.3 is 0 Å². The lowest BCUT2D eigenvalue weighted by Gasteiger charge is -2.17. The summed E-state index contributed by atoms with van der Waals surface area (Å²) in [5.74, 6) is -1.97. The molecule has 0 spiro atoms. The molecular formula is C17H15FN2O4. The Balaban J connectivity index is 2.47. The highest BCUT2D eigenvalue weighted by Crippen LogP contribution is 2.25. The summed E-state index contributed by atoms with van der Waals surface area (Å²) in [5, 5.41) is 19.2. The van der Waals surface area contributed by atoms with Crippen molar-refractivity contribution in [1.82, 2.24) is 4.57 Å². The molecule has 0 radical (unpaired) electrons. The number of halogens is 1. The highest BCUT2D eigenvalue weighted by Gasteiger charge is 2.27. The lowest BCUT2D eigenvalue weighted by Crippen LogP contribution is -2.29. The van der Waals surface area contributed by atoms with Crippen molar-refractivity contribution >= 4 is 5.78 Å². The topological polar surface area (TPSA) is 92.3 Å². The maximum Gasteiger partial charge on any atom is 0.271 e. The largest absolute Gasteiger partial charge is 0.494 e. The van der Waals surface area contributed by atoms with Crippen LogP contribution in [0.5, 0.6) is 11.6 Å². The van der Waals surface area contributed by atoms with E-state index in [4.69, 9.17) is 10.00 Å². The van der Waals surface area contributed by atoms with Gasteiger partial charge in [-0.15, -0.1) is 0 Å². The number of carbonyl (C=O) groups excluding carboxylic acids is 1. The number of pyridine rings is 1. The lowest BCUT2D eigenvalue weighted by atomic mass is 9.99. The molecule has 1 unspecified atom stereocenters. The number of aromatic nitrogens is 1. The van der Waals surface area contributed by atoms with Crippen LogP contribution in [-0.4, -0.2) is 21.6 Å². The van der Waals surface area contributed by atoms with Crippen molar-refractivity contribution in [3.05, 3.63) is 57.1 Å².